The Balaban J connectivity index is 3.11. The lowest BCUT2D eigenvalue weighted by atomic mass is 10.1. The second kappa shape index (κ2) is 9.65. The number of carboxylic acid groups (broad SMARTS) is 1. The minimum absolute atomic E-state index is 0.179. The van der Waals surface area contributed by atoms with Crippen LogP contribution >= 0.6 is 0 Å². The van der Waals surface area contributed by atoms with Gasteiger partial charge >= 0.3 is 5.97 Å². The molecule has 0 aromatic heterocycles. The number of carbonyl (C=O) groups excluding carboxylic acids is 1. The van der Waals surface area contributed by atoms with E-state index in [0.717, 1.165) is 32.2 Å². The standard InChI is InChI=1S/C11H21NO3/c12-9-7-5-3-1-2-4-6-8-10(13)11(14)15/h1-9,12H2,(H,14,15). The molecule has 0 radical (unpaired) electrons. The Labute approximate surface area is 90.8 Å². The number of carboxylic acids is 1. The van der Waals surface area contributed by atoms with E-state index in [1.807, 2.05) is 0 Å². The molecule has 0 aromatic carbocycles. The fourth-order valence-electron chi connectivity index (χ4n) is 1.42. The van der Waals surface area contributed by atoms with Crippen LogP contribution in [0.15, 0.2) is 0 Å². The Morgan fingerprint density at radius 1 is 0.867 bits per heavy atom. The van der Waals surface area contributed by atoms with Crippen molar-refractivity contribution in [1.29, 1.82) is 0 Å². The lowest BCUT2D eigenvalue weighted by Crippen LogP contribution is -2.11. The summed E-state index contributed by atoms with van der Waals surface area (Å²) in [6.45, 7) is 0.757. The van der Waals surface area contributed by atoms with Crippen LogP contribution in [0.3, 0.4) is 0 Å². The first-order valence-electron chi connectivity index (χ1n) is 5.64. The van der Waals surface area contributed by atoms with Crippen molar-refractivity contribution in [3.63, 3.8) is 0 Å². The maximum absolute atomic E-state index is 10.7. The van der Waals surface area contributed by atoms with Gasteiger partial charge in [-0.05, 0) is 19.4 Å². The highest BCUT2D eigenvalue weighted by atomic mass is 16.4. The first kappa shape index (κ1) is 14.1. The molecule has 0 unspecified atom stereocenters. The van der Waals surface area contributed by atoms with Gasteiger partial charge in [-0.3, -0.25) is 4.79 Å². The number of Topliss-reactive ketones (excluding diaryl/α,β-unsaturated/α-hetero) is 1. The molecule has 0 heterocycles. The smallest absolute Gasteiger partial charge is 0.372 e. The van der Waals surface area contributed by atoms with Gasteiger partial charge in [0.1, 0.15) is 0 Å². The Morgan fingerprint density at radius 2 is 1.33 bits per heavy atom. The summed E-state index contributed by atoms with van der Waals surface area (Å²) in [5.74, 6) is -1.98. The van der Waals surface area contributed by atoms with Crippen molar-refractivity contribution in [2.45, 2.75) is 51.4 Å². The molecule has 0 bridgehead atoms. The predicted molar refractivity (Wildman–Crippen MR) is 58.6 cm³/mol. The van der Waals surface area contributed by atoms with Crippen molar-refractivity contribution >= 4 is 11.8 Å². The fourth-order valence-corrected chi connectivity index (χ4v) is 1.42. The summed E-state index contributed by atoms with van der Waals surface area (Å²) in [7, 11) is 0. The van der Waals surface area contributed by atoms with E-state index in [1.165, 1.54) is 12.8 Å². The van der Waals surface area contributed by atoms with Crippen LogP contribution in [0.5, 0.6) is 0 Å². The number of carbonyl (C=O) groups is 2. The summed E-state index contributed by atoms with van der Waals surface area (Å²) >= 11 is 0. The van der Waals surface area contributed by atoms with Gasteiger partial charge in [-0.25, -0.2) is 4.79 Å². The fraction of sp³-hybridized carbons (Fsp3) is 0.818. The van der Waals surface area contributed by atoms with Crippen LogP contribution in [0, 0.1) is 0 Å². The highest BCUT2D eigenvalue weighted by molar-refractivity contribution is 6.32. The highest BCUT2D eigenvalue weighted by Crippen LogP contribution is 2.08. The molecule has 0 aliphatic carbocycles. The van der Waals surface area contributed by atoms with Crippen LogP contribution in [0.1, 0.15) is 51.4 Å². The van der Waals surface area contributed by atoms with Crippen LogP contribution in [0.25, 0.3) is 0 Å². The third-order valence-corrected chi connectivity index (χ3v) is 2.35. The normalized spacial score (nSPS) is 10.2. The summed E-state index contributed by atoms with van der Waals surface area (Å²) < 4.78 is 0. The van der Waals surface area contributed by atoms with Gasteiger partial charge in [0, 0.05) is 6.42 Å². The molecule has 0 aromatic rings. The van der Waals surface area contributed by atoms with Gasteiger partial charge in [0.15, 0.2) is 0 Å². The average Bonchev–Trinajstić information content (AvgIpc) is 2.21. The van der Waals surface area contributed by atoms with E-state index in [9.17, 15) is 9.59 Å². The highest BCUT2D eigenvalue weighted by Gasteiger charge is 2.09. The minimum Gasteiger partial charge on any atom is -0.476 e. The summed E-state index contributed by atoms with van der Waals surface area (Å²) in [5.41, 5.74) is 5.36. The molecule has 0 atom stereocenters. The van der Waals surface area contributed by atoms with E-state index < -0.39 is 11.8 Å². The Morgan fingerprint density at radius 3 is 1.80 bits per heavy atom. The number of nitrogens with two attached hydrogens (primary N) is 1. The number of hydrogen-bond donors (Lipinski definition) is 2. The van der Waals surface area contributed by atoms with E-state index in [0.29, 0.717) is 6.42 Å². The van der Waals surface area contributed by atoms with Gasteiger partial charge in [0.2, 0.25) is 5.78 Å². The molecule has 88 valence electrons. The molecule has 4 heteroatoms. The monoisotopic (exact) mass is 215 g/mol. The molecule has 0 saturated heterocycles. The van der Waals surface area contributed by atoms with Crippen LogP contribution in [0.4, 0.5) is 0 Å². The second-order valence-corrected chi connectivity index (χ2v) is 3.74. The van der Waals surface area contributed by atoms with E-state index in [4.69, 9.17) is 10.8 Å². The minimum atomic E-state index is -1.31. The molecule has 0 saturated carbocycles. The van der Waals surface area contributed by atoms with Crippen molar-refractivity contribution in [3.05, 3.63) is 0 Å². The maximum atomic E-state index is 10.7. The molecule has 0 rings (SSSR count). The van der Waals surface area contributed by atoms with Crippen molar-refractivity contribution in [3.8, 4) is 0 Å². The first-order valence-corrected chi connectivity index (χ1v) is 5.64. The third-order valence-electron chi connectivity index (χ3n) is 2.35. The Kier molecular flexibility index (Phi) is 9.07. The molecule has 3 N–H and O–H groups in total. The second-order valence-electron chi connectivity index (χ2n) is 3.74. The zero-order valence-electron chi connectivity index (χ0n) is 9.21. The Bertz CT molecular complexity index is 192. The third kappa shape index (κ3) is 9.41. The van der Waals surface area contributed by atoms with Crippen molar-refractivity contribution in [2.24, 2.45) is 5.73 Å². The summed E-state index contributed by atoms with van der Waals surface area (Å²) in [6.07, 6.45) is 7.49. The Hall–Kier alpha value is -0.900. The zero-order valence-corrected chi connectivity index (χ0v) is 9.21. The van der Waals surface area contributed by atoms with Gasteiger partial charge in [-0.15, -0.1) is 0 Å². The van der Waals surface area contributed by atoms with Crippen molar-refractivity contribution < 1.29 is 14.7 Å². The molecule has 0 spiro atoms. The van der Waals surface area contributed by atoms with E-state index in [2.05, 4.69) is 0 Å². The van der Waals surface area contributed by atoms with Crippen LogP contribution in [-0.2, 0) is 9.59 Å². The first-order chi connectivity index (χ1) is 7.18. The lowest BCUT2D eigenvalue weighted by Gasteiger charge is -2.00. The molecular formula is C11H21NO3. The van der Waals surface area contributed by atoms with Gasteiger partial charge in [0.05, 0.1) is 0 Å². The van der Waals surface area contributed by atoms with E-state index in [-0.39, 0.29) is 6.42 Å². The average molecular weight is 215 g/mol. The van der Waals surface area contributed by atoms with Gasteiger partial charge < -0.3 is 10.8 Å². The predicted octanol–water partition coefficient (Wildman–Crippen LogP) is 1.72. The number of rotatable bonds is 10. The number of ketones is 1. The molecule has 0 aliphatic rings. The number of unbranched alkanes of at least 4 members (excludes halogenated alkanes) is 6. The van der Waals surface area contributed by atoms with E-state index in [1.54, 1.807) is 0 Å². The number of aliphatic carboxylic acids is 1. The van der Waals surface area contributed by atoms with Crippen molar-refractivity contribution in [1.82, 2.24) is 0 Å². The SMILES string of the molecule is NCCCCCCCCCC(=O)C(=O)O. The number of hydrogen-bond acceptors (Lipinski definition) is 3. The van der Waals surface area contributed by atoms with Gasteiger partial charge in [-0.2, -0.15) is 0 Å². The summed E-state index contributed by atoms with van der Waals surface area (Å²) in [4.78, 5) is 20.9. The molecular weight excluding hydrogens is 194 g/mol. The molecule has 0 fully saturated rings. The van der Waals surface area contributed by atoms with Crippen molar-refractivity contribution in [2.75, 3.05) is 6.54 Å². The molecule has 0 aliphatic heterocycles. The molecule has 4 nitrogen and oxygen atoms in total. The summed E-state index contributed by atoms with van der Waals surface area (Å²) in [5, 5.41) is 8.32. The quantitative estimate of drug-likeness (QED) is 0.429. The van der Waals surface area contributed by atoms with E-state index >= 15 is 0 Å². The molecule has 0 amide bonds. The summed E-state index contributed by atoms with van der Waals surface area (Å²) in [6, 6.07) is 0. The topological polar surface area (TPSA) is 80.4 Å². The van der Waals surface area contributed by atoms with Gasteiger partial charge in [-0.1, -0.05) is 32.1 Å². The molecule has 15 heavy (non-hydrogen) atoms. The lowest BCUT2D eigenvalue weighted by molar-refractivity contribution is -0.149. The van der Waals surface area contributed by atoms with Crippen LogP contribution in [0.2, 0.25) is 0 Å². The van der Waals surface area contributed by atoms with Crippen LogP contribution < -0.4 is 5.73 Å². The maximum Gasteiger partial charge on any atom is 0.372 e. The zero-order chi connectivity index (χ0) is 11.5. The van der Waals surface area contributed by atoms with Gasteiger partial charge in [0.25, 0.3) is 0 Å². The largest absolute Gasteiger partial charge is 0.476 e. The van der Waals surface area contributed by atoms with Crippen LogP contribution in [-0.4, -0.2) is 23.4 Å².